The number of alkyl halides is 1. The van der Waals surface area contributed by atoms with Crippen LogP contribution in [0.25, 0.3) is 6.08 Å². The molecule has 0 aromatic heterocycles. The number of piperazine rings is 1. The summed E-state index contributed by atoms with van der Waals surface area (Å²) < 4.78 is 14.2. The summed E-state index contributed by atoms with van der Waals surface area (Å²) in [6.07, 6.45) is 1.58. The quantitative estimate of drug-likeness (QED) is 0.770. The lowest BCUT2D eigenvalue weighted by atomic mass is 9.86. The highest BCUT2D eigenvalue weighted by atomic mass is 19.1. The van der Waals surface area contributed by atoms with Gasteiger partial charge in [0.15, 0.2) is 5.54 Å². The summed E-state index contributed by atoms with van der Waals surface area (Å²) in [5, 5.41) is 9.26. The van der Waals surface area contributed by atoms with Crippen molar-refractivity contribution in [3.05, 3.63) is 77.0 Å². The highest BCUT2D eigenvalue weighted by Crippen LogP contribution is 2.32. The maximum atomic E-state index is 14.2. The number of carbonyl (C=O) groups is 2. The zero-order chi connectivity index (χ0) is 20.3. The predicted molar refractivity (Wildman–Crippen MR) is 104 cm³/mol. The minimum atomic E-state index is -1.60. The van der Waals surface area contributed by atoms with E-state index in [1.165, 1.54) is 30.0 Å². The van der Waals surface area contributed by atoms with Gasteiger partial charge in [-0.15, -0.1) is 0 Å². The molecular formula is C22H20FN3O2. The van der Waals surface area contributed by atoms with Gasteiger partial charge in [0.1, 0.15) is 12.4 Å². The van der Waals surface area contributed by atoms with Crippen LogP contribution < -0.4 is 0 Å². The maximum Gasteiger partial charge on any atom is 0.271 e. The monoisotopic (exact) mass is 377 g/mol. The minimum absolute atomic E-state index is 0.0812. The molecule has 0 aliphatic carbocycles. The number of halogens is 1. The van der Waals surface area contributed by atoms with Gasteiger partial charge in [0.05, 0.1) is 11.6 Å². The van der Waals surface area contributed by atoms with Crippen LogP contribution in [0.3, 0.4) is 0 Å². The van der Waals surface area contributed by atoms with Gasteiger partial charge in [-0.05, 0) is 23.3 Å². The van der Waals surface area contributed by atoms with E-state index >= 15 is 0 Å². The number of likely N-dealkylation sites (N-methyl/N-ethyl adjacent to an activating group) is 2. The molecule has 1 aliphatic rings. The Morgan fingerprint density at radius 2 is 1.71 bits per heavy atom. The van der Waals surface area contributed by atoms with E-state index in [1.807, 2.05) is 18.2 Å². The van der Waals surface area contributed by atoms with Crippen molar-refractivity contribution in [2.75, 3.05) is 20.8 Å². The van der Waals surface area contributed by atoms with E-state index in [0.29, 0.717) is 11.1 Å². The van der Waals surface area contributed by atoms with Crippen LogP contribution in [0.2, 0.25) is 0 Å². The molecule has 1 unspecified atom stereocenters. The van der Waals surface area contributed by atoms with Gasteiger partial charge in [0.25, 0.3) is 11.8 Å². The van der Waals surface area contributed by atoms with Crippen LogP contribution in [0.15, 0.2) is 60.3 Å². The van der Waals surface area contributed by atoms with Crippen molar-refractivity contribution in [1.82, 2.24) is 9.80 Å². The molecule has 0 bridgehead atoms. The van der Waals surface area contributed by atoms with Crippen LogP contribution in [0, 0.1) is 11.3 Å². The van der Waals surface area contributed by atoms with Gasteiger partial charge in [-0.3, -0.25) is 9.59 Å². The number of amides is 2. The third-order valence-corrected chi connectivity index (χ3v) is 5.16. The number of benzene rings is 2. The molecule has 3 rings (SSSR count). The molecular weight excluding hydrogens is 357 g/mol. The summed E-state index contributed by atoms with van der Waals surface area (Å²) in [6.45, 7) is -0.991. The highest BCUT2D eigenvalue weighted by molar-refractivity contribution is 6.09. The number of hydrogen-bond donors (Lipinski definition) is 0. The summed E-state index contributed by atoms with van der Waals surface area (Å²) in [7, 11) is 2.91. The molecule has 5 nitrogen and oxygen atoms in total. The van der Waals surface area contributed by atoms with Gasteiger partial charge in [-0.1, -0.05) is 48.5 Å². The fourth-order valence-corrected chi connectivity index (χ4v) is 3.43. The molecule has 1 aliphatic heterocycles. The van der Waals surface area contributed by atoms with E-state index in [1.54, 1.807) is 36.4 Å². The molecule has 0 saturated carbocycles. The van der Waals surface area contributed by atoms with Crippen LogP contribution in [0.1, 0.15) is 16.7 Å². The van der Waals surface area contributed by atoms with Gasteiger partial charge in [-0.25, -0.2) is 4.39 Å². The Balaban J connectivity index is 2.04. The lowest BCUT2D eigenvalue weighted by Crippen LogP contribution is -2.67. The number of nitrogens with zero attached hydrogens (tertiary/aromatic N) is 3. The van der Waals surface area contributed by atoms with Crippen molar-refractivity contribution in [2.24, 2.45) is 0 Å². The molecule has 0 spiro atoms. The van der Waals surface area contributed by atoms with E-state index in [9.17, 15) is 19.2 Å². The number of rotatable bonds is 4. The second kappa shape index (κ2) is 7.65. The second-order valence-corrected chi connectivity index (χ2v) is 6.78. The van der Waals surface area contributed by atoms with Gasteiger partial charge in [-0.2, -0.15) is 5.26 Å². The Kier molecular flexibility index (Phi) is 5.27. The van der Waals surface area contributed by atoms with Crippen molar-refractivity contribution < 1.29 is 14.0 Å². The summed E-state index contributed by atoms with van der Waals surface area (Å²) in [5.41, 5.74) is 0.186. The van der Waals surface area contributed by atoms with E-state index in [0.717, 1.165) is 5.56 Å². The molecule has 6 heteroatoms. The average Bonchev–Trinajstić information content (AvgIpc) is 2.74. The van der Waals surface area contributed by atoms with Gasteiger partial charge in [0, 0.05) is 20.5 Å². The minimum Gasteiger partial charge on any atom is -0.323 e. The van der Waals surface area contributed by atoms with Crippen molar-refractivity contribution in [1.29, 1.82) is 5.26 Å². The molecule has 1 saturated heterocycles. The zero-order valence-corrected chi connectivity index (χ0v) is 15.7. The third-order valence-electron chi connectivity index (χ3n) is 5.16. The summed E-state index contributed by atoms with van der Waals surface area (Å²) >= 11 is 0. The van der Waals surface area contributed by atoms with Gasteiger partial charge >= 0.3 is 0 Å². The molecule has 2 aromatic rings. The summed E-state index contributed by atoms with van der Waals surface area (Å²) in [6, 6.07) is 17.9. The predicted octanol–water partition coefficient (Wildman–Crippen LogP) is 2.78. The van der Waals surface area contributed by atoms with Gasteiger partial charge in [0.2, 0.25) is 0 Å². The molecule has 0 N–H and O–H groups in total. The molecule has 28 heavy (non-hydrogen) atoms. The first kappa shape index (κ1) is 19.3. The topological polar surface area (TPSA) is 64.4 Å². The van der Waals surface area contributed by atoms with Crippen LogP contribution >= 0.6 is 0 Å². The third kappa shape index (κ3) is 3.16. The van der Waals surface area contributed by atoms with Crippen LogP contribution in [-0.4, -0.2) is 47.9 Å². The van der Waals surface area contributed by atoms with Crippen molar-refractivity contribution in [2.45, 2.75) is 12.0 Å². The average molecular weight is 377 g/mol. The first-order valence-electron chi connectivity index (χ1n) is 8.81. The Morgan fingerprint density at radius 3 is 2.36 bits per heavy atom. The zero-order valence-electron chi connectivity index (χ0n) is 15.7. The Bertz CT molecular complexity index is 981. The first-order chi connectivity index (χ1) is 13.4. The molecule has 1 atom stereocenters. The molecule has 0 radical (unpaired) electrons. The SMILES string of the molecule is CN1C(=O)C(CF)(Cc2ccccc2)N(C)C(=O)C1=Cc1ccccc1C#N. The van der Waals surface area contributed by atoms with E-state index in [-0.39, 0.29) is 12.1 Å². The van der Waals surface area contributed by atoms with E-state index in [4.69, 9.17) is 0 Å². The van der Waals surface area contributed by atoms with Crippen molar-refractivity contribution in [3.63, 3.8) is 0 Å². The Hall–Kier alpha value is -3.46. The van der Waals surface area contributed by atoms with E-state index < -0.39 is 24.0 Å². The van der Waals surface area contributed by atoms with Crippen molar-refractivity contribution in [3.8, 4) is 6.07 Å². The molecule has 1 fully saturated rings. The highest BCUT2D eigenvalue weighted by Gasteiger charge is 2.52. The standard InChI is InChI=1S/C22H20FN3O2/c1-25-19(12-17-10-6-7-11-18(17)14-24)20(27)26(2)22(15-23,21(25)28)13-16-8-4-3-5-9-16/h3-12H,13,15H2,1-2H3. The molecule has 2 aromatic carbocycles. The van der Waals surface area contributed by atoms with Gasteiger partial charge < -0.3 is 9.80 Å². The lowest BCUT2D eigenvalue weighted by Gasteiger charge is -2.46. The van der Waals surface area contributed by atoms with Crippen LogP contribution in [0.4, 0.5) is 4.39 Å². The molecule has 142 valence electrons. The number of carbonyl (C=O) groups excluding carboxylic acids is 2. The summed E-state index contributed by atoms with van der Waals surface area (Å²) in [4.78, 5) is 28.6. The normalized spacial score (nSPS) is 21.1. The number of nitriles is 1. The second-order valence-electron chi connectivity index (χ2n) is 6.78. The Labute approximate surface area is 163 Å². The van der Waals surface area contributed by atoms with Crippen molar-refractivity contribution >= 4 is 17.9 Å². The molecule has 1 heterocycles. The fourth-order valence-electron chi connectivity index (χ4n) is 3.43. The van der Waals surface area contributed by atoms with Crippen LogP contribution in [-0.2, 0) is 16.0 Å². The lowest BCUT2D eigenvalue weighted by molar-refractivity contribution is -0.158. The Morgan fingerprint density at radius 1 is 1.07 bits per heavy atom. The van der Waals surface area contributed by atoms with E-state index in [2.05, 4.69) is 6.07 Å². The number of hydrogen-bond acceptors (Lipinski definition) is 3. The maximum absolute atomic E-state index is 14.2. The largest absolute Gasteiger partial charge is 0.323 e. The first-order valence-corrected chi connectivity index (χ1v) is 8.81. The molecule has 2 amide bonds. The summed E-state index contributed by atoms with van der Waals surface area (Å²) in [5.74, 6) is -0.968. The van der Waals surface area contributed by atoms with Crippen LogP contribution in [0.5, 0.6) is 0 Å². The fraction of sp³-hybridized carbons (Fsp3) is 0.227. The smallest absolute Gasteiger partial charge is 0.271 e.